The predicted molar refractivity (Wildman–Crippen MR) is 70.6 cm³/mol. The molecule has 1 amide bonds. The number of aliphatic hydroxyl groups is 1. The topological polar surface area (TPSA) is 40.5 Å². The molecule has 1 saturated carbocycles. The molecule has 5 heteroatoms. The van der Waals surface area contributed by atoms with Gasteiger partial charge in [-0.05, 0) is 18.9 Å². The molecule has 108 valence electrons. The van der Waals surface area contributed by atoms with Crippen molar-refractivity contribution >= 4 is 11.6 Å². The van der Waals surface area contributed by atoms with Gasteiger partial charge in [0.25, 0.3) is 0 Å². The Labute approximate surface area is 116 Å². The number of amides is 1. The fourth-order valence-electron chi connectivity index (χ4n) is 3.66. The first-order chi connectivity index (χ1) is 9.60. The molecule has 1 aromatic carbocycles. The van der Waals surface area contributed by atoms with Crippen LogP contribution in [0.3, 0.4) is 0 Å². The molecule has 1 aliphatic carbocycles. The molecular formula is C15H17F2NO2. The third-order valence-corrected chi connectivity index (χ3v) is 4.49. The lowest BCUT2D eigenvalue weighted by molar-refractivity contribution is -0.124. The summed E-state index contributed by atoms with van der Waals surface area (Å²) in [7, 11) is 0. The first-order valence-electron chi connectivity index (χ1n) is 7.02. The zero-order valence-electron chi connectivity index (χ0n) is 11.2. The van der Waals surface area contributed by atoms with Gasteiger partial charge in [0.15, 0.2) is 0 Å². The van der Waals surface area contributed by atoms with Crippen molar-refractivity contribution in [1.29, 1.82) is 0 Å². The van der Waals surface area contributed by atoms with Gasteiger partial charge in [-0.1, -0.05) is 19.3 Å². The summed E-state index contributed by atoms with van der Waals surface area (Å²) < 4.78 is 27.8. The second kappa shape index (κ2) is 4.81. The number of aliphatic hydroxyl groups excluding tert-OH is 1. The van der Waals surface area contributed by atoms with Crippen molar-refractivity contribution in [3.8, 4) is 0 Å². The Morgan fingerprint density at radius 3 is 2.55 bits per heavy atom. The molecule has 3 nitrogen and oxygen atoms in total. The molecule has 2 aliphatic rings. The van der Waals surface area contributed by atoms with Gasteiger partial charge in [-0.25, -0.2) is 8.78 Å². The van der Waals surface area contributed by atoms with Crippen LogP contribution >= 0.6 is 0 Å². The fraction of sp³-hybridized carbons (Fsp3) is 0.533. The molecule has 1 fully saturated rings. The highest BCUT2D eigenvalue weighted by atomic mass is 19.1. The van der Waals surface area contributed by atoms with Crippen LogP contribution in [0.5, 0.6) is 0 Å². The van der Waals surface area contributed by atoms with Crippen molar-refractivity contribution in [2.24, 2.45) is 0 Å². The molecule has 0 bridgehead atoms. The lowest BCUT2D eigenvalue weighted by atomic mass is 9.70. The number of nitrogens with zero attached hydrogens (tertiary/aromatic N) is 1. The maximum Gasteiger partial charge on any atom is 0.237 e. The van der Waals surface area contributed by atoms with E-state index < -0.39 is 17.0 Å². The zero-order chi connectivity index (χ0) is 14.3. The molecule has 0 saturated heterocycles. The second-order valence-corrected chi connectivity index (χ2v) is 5.60. The monoisotopic (exact) mass is 281 g/mol. The molecule has 0 aromatic heterocycles. The van der Waals surface area contributed by atoms with Crippen LogP contribution in [0.25, 0.3) is 0 Å². The molecule has 1 aromatic rings. The van der Waals surface area contributed by atoms with Crippen molar-refractivity contribution in [3.05, 3.63) is 29.3 Å². The van der Waals surface area contributed by atoms with Crippen LogP contribution in [0, 0.1) is 11.6 Å². The Morgan fingerprint density at radius 1 is 1.20 bits per heavy atom. The minimum Gasteiger partial charge on any atom is -0.395 e. The second-order valence-electron chi connectivity index (χ2n) is 5.60. The maximum absolute atomic E-state index is 14.3. The highest BCUT2D eigenvalue weighted by Gasteiger charge is 2.52. The molecule has 0 unspecified atom stereocenters. The zero-order valence-corrected chi connectivity index (χ0v) is 11.2. The number of rotatable bonds is 2. The van der Waals surface area contributed by atoms with Gasteiger partial charge in [0.05, 0.1) is 17.7 Å². The van der Waals surface area contributed by atoms with E-state index in [0.717, 1.165) is 25.3 Å². The lowest BCUT2D eigenvalue weighted by Crippen LogP contribution is -2.42. The van der Waals surface area contributed by atoms with E-state index in [2.05, 4.69) is 0 Å². The summed E-state index contributed by atoms with van der Waals surface area (Å²) in [5, 5.41) is 9.11. The Hall–Kier alpha value is -1.49. The third kappa shape index (κ3) is 1.76. The summed E-state index contributed by atoms with van der Waals surface area (Å²) in [6.45, 7) is -0.143. The van der Waals surface area contributed by atoms with Crippen molar-refractivity contribution < 1.29 is 18.7 Å². The van der Waals surface area contributed by atoms with Crippen LogP contribution in [-0.4, -0.2) is 24.2 Å². The normalized spacial score (nSPS) is 20.6. The van der Waals surface area contributed by atoms with Gasteiger partial charge in [0.2, 0.25) is 5.91 Å². The smallest absolute Gasteiger partial charge is 0.237 e. The first kappa shape index (κ1) is 13.5. The molecule has 20 heavy (non-hydrogen) atoms. The number of halogens is 2. The van der Waals surface area contributed by atoms with Crippen LogP contribution < -0.4 is 4.90 Å². The molecule has 1 heterocycles. The number of fused-ring (bicyclic) bond motifs is 2. The minimum atomic E-state index is -0.847. The summed E-state index contributed by atoms with van der Waals surface area (Å²) in [5.74, 6) is -1.52. The van der Waals surface area contributed by atoms with Gasteiger partial charge in [0.1, 0.15) is 11.6 Å². The molecule has 3 rings (SSSR count). The molecule has 0 atom stereocenters. The predicted octanol–water partition coefficient (Wildman–Crippen LogP) is 2.51. The Morgan fingerprint density at radius 2 is 1.90 bits per heavy atom. The van der Waals surface area contributed by atoms with Crippen LogP contribution in [0.1, 0.15) is 37.7 Å². The van der Waals surface area contributed by atoms with Crippen molar-refractivity contribution in [3.63, 3.8) is 0 Å². The first-order valence-corrected chi connectivity index (χ1v) is 7.02. The van der Waals surface area contributed by atoms with E-state index in [1.807, 2.05) is 0 Å². The van der Waals surface area contributed by atoms with Crippen molar-refractivity contribution in [2.45, 2.75) is 37.5 Å². The van der Waals surface area contributed by atoms with E-state index in [0.29, 0.717) is 24.1 Å². The number of carbonyl (C=O) groups excluding carboxylic acids is 1. The van der Waals surface area contributed by atoms with Crippen LogP contribution in [0.4, 0.5) is 14.5 Å². The number of carbonyl (C=O) groups is 1. The van der Waals surface area contributed by atoms with Crippen molar-refractivity contribution in [2.75, 3.05) is 18.1 Å². The number of anilines is 1. The molecule has 1 aliphatic heterocycles. The van der Waals surface area contributed by atoms with E-state index in [-0.39, 0.29) is 19.1 Å². The summed E-state index contributed by atoms with van der Waals surface area (Å²) >= 11 is 0. The molecule has 0 radical (unpaired) electrons. The van der Waals surface area contributed by atoms with Crippen LogP contribution in [-0.2, 0) is 10.2 Å². The summed E-state index contributed by atoms with van der Waals surface area (Å²) in [5.41, 5.74) is -0.221. The van der Waals surface area contributed by atoms with Crippen LogP contribution in [0.15, 0.2) is 12.1 Å². The van der Waals surface area contributed by atoms with E-state index in [9.17, 15) is 13.6 Å². The Kier molecular flexibility index (Phi) is 3.24. The number of hydrogen-bond acceptors (Lipinski definition) is 2. The van der Waals surface area contributed by atoms with E-state index in [1.165, 1.54) is 11.0 Å². The third-order valence-electron chi connectivity index (χ3n) is 4.49. The standard InChI is InChI=1S/C15H17F2NO2/c16-10-8-11(17)13-12(9-10)18(6-7-19)14(20)15(13)4-2-1-3-5-15/h8-9,19H,1-7H2. The van der Waals surface area contributed by atoms with E-state index in [4.69, 9.17) is 5.11 Å². The SMILES string of the molecule is O=C1N(CCO)c2cc(F)cc(F)c2C12CCCCC2. The highest BCUT2D eigenvalue weighted by molar-refractivity contribution is 6.08. The largest absolute Gasteiger partial charge is 0.395 e. The summed E-state index contributed by atoms with van der Waals surface area (Å²) in [4.78, 5) is 14.1. The maximum atomic E-state index is 14.3. The van der Waals surface area contributed by atoms with Gasteiger partial charge in [-0.2, -0.15) is 0 Å². The van der Waals surface area contributed by atoms with Crippen molar-refractivity contribution in [1.82, 2.24) is 0 Å². The van der Waals surface area contributed by atoms with Gasteiger partial charge in [-0.15, -0.1) is 0 Å². The van der Waals surface area contributed by atoms with Crippen LogP contribution in [0.2, 0.25) is 0 Å². The number of β-amino-alcohol motifs (C(OH)–C–C–N with tert-alkyl or cyclic N) is 1. The van der Waals surface area contributed by atoms with E-state index >= 15 is 0 Å². The average molecular weight is 281 g/mol. The van der Waals surface area contributed by atoms with Gasteiger partial charge in [0, 0.05) is 18.2 Å². The summed E-state index contributed by atoms with van der Waals surface area (Å²) in [6, 6.07) is 2.06. The van der Waals surface area contributed by atoms with Gasteiger partial charge < -0.3 is 10.0 Å². The Bertz CT molecular complexity index is 553. The minimum absolute atomic E-state index is 0.0798. The Balaban J connectivity index is 2.18. The van der Waals surface area contributed by atoms with E-state index in [1.54, 1.807) is 0 Å². The molecule has 1 N–H and O–H groups in total. The number of hydrogen-bond donors (Lipinski definition) is 1. The highest BCUT2D eigenvalue weighted by Crippen LogP contribution is 2.51. The summed E-state index contributed by atoms with van der Waals surface area (Å²) in [6.07, 6.45) is 3.98. The molecular weight excluding hydrogens is 264 g/mol. The lowest BCUT2D eigenvalue weighted by Gasteiger charge is -2.32. The molecule has 1 spiro atoms. The number of benzene rings is 1. The van der Waals surface area contributed by atoms with Gasteiger partial charge >= 0.3 is 0 Å². The quantitative estimate of drug-likeness (QED) is 0.905. The van der Waals surface area contributed by atoms with Gasteiger partial charge in [-0.3, -0.25) is 4.79 Å². The average Bonchev–Trinajstić information content (AvgIpc) is 2.63. The fourth-order valence-corrected chi connectivity index (χ4v) is 3.66.